The average molecular weight is 361 g/mol. The molecule has 0 amide bonds. The number of hydrogen-bond acceptors (Lipinski definition) is 1. The van der Waals surface area contributed by atoms with Crippen LogP contribution in [0.1, 0.15) is 36.6 Å². The van der Waals surface area contributed by atoms with E-state index in [0.717, 1.165) is 42.4 Å². The molecular weight excluding hydrogens is 337 g/mol. The first-order valence-corrected chi connectivity index (χ1v) is 9.52. The van der Waals surface area contributed by atoms with Crippen LogP contribution in [0.3, 0.4) is 0 Å². The zero-order chi connectivity index (χ0) is 18.8. The second kappa shape index (κ2) is 7.39. The Morgan fingerprint density at radius 1 is 1.07 bits per heavy atom. The van der Waals surface area contributed by atoms with E-state index in [4.69, 9.17) is 0 Å². The number of rotatable bonds is 6. The van der Waals surface area contributed by atoms with Gasteiger partial charge in [-0.15, -0.1) is 0 Å². The van der Waals surface area contributed by atoms with Gasteiger partial charge in [0, 0.05) is 41.2 Å². The third kappa shape index (κ3) is 3.39. The summed E-state index contributed by atoms with van der Waals surface area (Å²) >= 11 is 0. The van der Waals surface area contributed by atoms with Gasteiger partial charge >= 0.3 is 0 Å². The fourth-order valence-corrected chi connectivity index (χ4v) is 3.76. The number of aromatic nitrogens is 3. The normalized spacial score (nSPS) is 11.4. The van der Waals surface area contributed by atoms with Crippen LogP contribution in [0.25, 0.3) is 16.6 Å². The summed E-state index contributed by atoms with van der Waals surface area (Å²) in [6.07, 6.45) is 8.83. The molecule has 4 rings (SSSR count). The molecule has 0 bridgehead atoms. The van der Waals surface area contributed by atoms with Crippen molar-refractivity contribution >= 4 is 10.9 Å². The molecule has 2 aromatic carbocycles. The summed E-state index contributed by atoms with van der Waals surface area (Å²) in [5.74, 6) is -0.172. The van der Waals surface area contributed by atoms with Crippen LogP contribution in [0.15, 0.2) is 61.2 Å². The van der Waals surface area contributed by atoms with Gasteiger partial charge in [0.25, 0.3) is 0 Å². The van der Waals surface area contributed by atoms with Gasteiger partial charge in [0.05, 0.1) is 6.33 Å². The molecule has 2 aromatic heterocycles. The summed E-state index contributed by atoms with van der Waals surface area (Å²) in [5, 5.41) is 1.02. The first-order valence-electron chi connectivity index (χ1n) is 9.52. The summed E-state index contributed by atoms with van der Waals surface area (Å²) < 4.78 is 18.1. The second-order valence-electron chi connectivity index (χ2n) is 7.06. The number of halogens is 1. The fourth-order valence-electron chi connectivity index (χ4n) is 3.76. The molecule has 0 atom stereocenters. The smallest absolute Gasteiger partial charge is 0.123 e. The predicted octanol–water partition coefficient (Wildman–Crippen LogP) is 5.67. The van der Waals surface area contributed by atoms with E-state index in [9.17, 15) is 4.39 Å². The quantitative estimate of drug-likeness (QED) is 0.434. The molecule has 0 aliphatic carbocycles. The summed E-state index contributed by atoms with van der Waals surface area (Å²) in [4.78, 5) is 4.10. The SMILES string of the molecule is CCCCc1c(C)c2cc(F)ccc2n1Cc1ccc(-n2ccnc2)cc1. The van der Waals surface area contributed by atoms with E-state index >= 15 is 0 Å². The summed E-state index contributed by atoms with van der Waals surface area (Å²) in [6, 6.07) is 13.7. The fraction of sp³-hybridized carbons (Fsp3) is 0.261. The van der Waals surface area contributed by atoms with Crippen molar-refractivity contribution < 1.29 is 4.39 Å². The number of aryl methyl sites for hydroxylation is 1. The van der Waals surface area contributed by atoms with Crippen LogP contribution in [-0.2, 0) is 13.0 Å². The third-order valence-corrected chi connectivity index (χ3v) is 5.26. The Morgan fingerprint density at radius 3 is 2.59 bits per heavy atom. The number of imidazole rings is 1. The molecule has 0 aliphatic heterocycles. The number of hydrogen-bond donors (Lipinski definition) is 0. The molecule has 0 saturated heterocycles. The van der Waals surface area contributed by atoms with Gasteiger partial charge in [-0.2, -0.15) is 0 Å². The lowest BCUT2D eigenvalue weighted by Gasteiger charge is -2.12. The molecular formula is C23H24FN3. The molecule has 0 spiro atoms. The minimum atomic E-state index is -0.172. The molecule has 0 saturated carbocycles. The molecule has 0 N–H and O–H groups in total. The molecule has 2 heterocycles. The third-order valence-electron chi connectivity index (χ3n) is 5.26. The van der Waals surface area contributed by atoms with Gasteiger partial charge in [0.15, 0.2) is 0 Å². The van der Waals surface area contributed by atoms with Crippen LogP contribution >= 0.6 is 0 Å². The molecule has 27 heavy (non-hydrogen) atoms. The van der Waals surface area contributed by atoms with Gasteiger partial charge in [-0.25, -0.2) is 9.37 Å². The van der Waals surface area contributed by atoms with E-state index in [1.807, 2.05) is 16.8 Å². The van der Waals surface area contributed by atoms with Crippen LogP contribution in [-0.4, -0.2) is 14.1 Å². The lowest BCUT2D eigenvalue weighted by molar-refractivity contribution is 0.629. The van der Waals surface area contributed by atoms with Crippen molar-refractivity contribution in [3.63, 3.8) is 0 Å². The van der Waals surface area contributed by atoms with Crippen LogP contribution in [0.5, 0.6) is 0 Å². The molecule has 0 aliphatic rings. The highest BCUT2D eigenvalue weighted by atomic mass is 19.1. The van der Waals surface area contributed by atoms with E-state index in [1.165, 1.54) is 16.8 Å². The van der Waals surface area contributed by atoms with E-state index in [2.05, 4.69) is 47.7 Å². The van der Waals surface area contributed by atoms with Crippen LogP contribution in [0.2, 0.25) is 0 Å². The maximum atomic E-state index is 13.8. The van der Waals surface area contributed by atoms with E-state index < -0.39 is 0 Å². The lowest BCUT2D eigenvalue weighted by atomic mass is 10.1. The first-order chi connectivity index (χ1) is 13.2. The standard InChI is InChI=1S/C23H24FN3/c1-3-4-5-22-17(2)21-14-19(24)8-11-23(21)27(22)15-18-6-9-20(10-7-18)26-13-12-25-16-26/h6-14,16H,3-5,15H2,1-2H3. The minimum absolute atomic E-state index is 0.172. The highest BCUT2D eigenvalue weighted by Crippen LogP contribution is 2.29. The van der Waals surface area contributed by atoms with Gasteiger partial charge in [0.2, 0.25) is 0 Å². The second-order valence-corrected chi connectivity index (χ2v) is 7.06. The highest BCUT2D eigenvalue weighted by molar-refractivity contribution is 5.85. The van der Waals surface area contributed by atoms with Crippen molar-refractivity contribution in [1.29, 1.82) is 0 Å². The Bertz CT molecular complexity index is 1040. The number of nitrogens with zero attached hydrogens (tertiary/aromatic N) is 3. The molecule has 3 nitrogen and oxygen atoms in total. The van der Waals surface area contributed by atoms with Crippen molar-refractivity contribution in [1.82, 2.24) is 14.1 Å². The summed E-state index contributed by atoms with van der Waals surface area (Å²) in [6.45, 7) is 5.11. The Balaban J connectivity index is 1.72. The van der Waals surface area contributed by atoms with E-state index in [0.29, 0.717) is 0 Å². The van der Waals surface area contributed by atoms with Crippen LogP contribution in [0, 0.1) is 12.7 Å². The van der Waals surface area contributed by atoms with Crippen molar-refractivity contribution in [2.24, 2.45) is 0 Å². The maximum absolute atomic E-state index is 13.8. The number of benzene rings is 2. The maximum Gasteiger partial charge on any atom is 0.123 e. The number of fused-ring (bicyclic) bond motifs is 1. The van der Waals surface area contributed by atoms with E-state index in [-0.39, 0.29) is 5.82 Å². The summed E-state index contributed by atoms with van der Waals surface area (Å²) in [7, 11) is 0. The summed E-state index contributed by atoms with van der Waals surface area (Å²) in [5.41, 5.74) is 5.96. The molecule has 0 unspecified atom stereocenters. The molecule has 138 valence electrons. The van der Waals surface area contributed by atoms with Gasteiger partial charge < -0.3 is 9.13 Å². The van der Waals surface area contributed by atoms with Gasteiger partial charge in [-0.05, 0) is 61.2 Å². The van der Waals surface area contributed by atoms with Gasteiger partial charge in [-0.1, -0.05) is 25.5 Å². The largest absolute Gasteiger partial charge is 0.340 e. The Hall–Kier alpha value is -2.88. The zero-order valence-electron chi connectivity index (χ0n) is 15.8. The van der Waals surface area contributed by atoms with Gasteiger partial charge in [0.1, 0.15) is 5.82 Å². The monoisotopic (exact) mass is 361 g/mol. The number of unbranched alkanes of at least 4 members (excludes halogenated alkanes) is 1. The van der Waals surface area contributed by atoms with E-state index in [1.54, 1.807) is 24.7 Å². The Morgan fingerprint density at radius 2 is 1.89 bits per heavy atom. The topological polar surface area (TPSA) is 22.8 Å². The molecule has 4 heteroatoms. The Kier molecular flexibility index (Phi) is 4.80. The van der Waals surface area contributed by atoms with Crippen LogP contribution in [0.4, 0.5) is 4.39 Å². The van der Waals surface area contributed by atoms with Crippen molar-refractivity contribution in [3.05, 3.63) is 83.8 Å². The predicted molar refractivity (Wildman–Crippen MR) is 108 cm³/mol. The van der Waals surface area contributed by atoms with Gasteiger partial charge in [-0.3, -0.25) is 0 Å². The zero-order valence-corrected chi connectivity index (χ0v) is 15.8. The average Bonchev–Trinajstić information content (AvgIpc) is 3.29. The van der Waals surface area contributed by atoms with Crippen LogP contribution < -0.4 is 0 Å². The first kappa shape index (κ1) is 17.5. The molecule has 4 aromatic rings. The minimum Gasteiger partial charge on any atom is -0.340 e. The Labute approximate surface area is 159 Å². The lowest BCUT2D eigenvalue weighted by Crippen LogP contribution is -2.05. The van der Waals surface area contributed by atoms with Crippen molar-refractivity contribution in [3.8, 4) is 5.69 Å². The molecule has 0 radical (unpaired) electrons. The van der Waals surface area contributed by atoms with Crippen molar-refractivity contribution in [2.75, 3.05) is 0 Å². The van der Waals surface area contributed by atoms with Crippen molar-refractivity contribution in [2.45, 2.75) is 39.7 Å². The highest BCUT2D eigenvalue weighted by Gasteiger charge is 2.15. The molecule has 0 fully saturated rings.